The van der Waals surface area contributed by atoms with Crippen LogP contribution in [0.25, 0.3) is 0 Å². The lowest BCUT2D eigenvalue weighted by molar-refractivity contribution is -0.225. The fraction of sp³-hybridized carbons (Fsp3) is 1.00. The first kappa shape index (κ1) is 9.28. The van der Waals surface area contributed by atoms with Crippen LogP contribution in [0.3, 0.4) is 0 Å². The number of hydrogen-bond acceptors (Lipinski definition) is 5. The largest absolute Gasteiger partial charge is 0.390 e. The molecule has 0 spiro atoms. The molecule has 5 heteroatoms. The van der Waals surface area contributed by atoms with Crippen LogP contribution in [0.4, 0.5) is 0 Å². The normalized spacial score (nSPS) is 45.8. The topological polar surface area (TPSA) is 69.9 Å². The van der Waals surface area contributed by atoms with E-state index in [1.54, 1.807) is 0 Å². The van der Waals surface area contributed by atoms with Gasteiger partial charge in [-0.25, -0.2) is 0 Å². The van der Waals surface area contributed by atoms with Crippen LogP contribution in [0.2, 0.25) is 0 Å². The lowest BCUT2D eigenvalue weighted by Gasteiger charge is -2.33. The minimum atomic E-state index is -0.981. The highest BCUT2D eigenvalue weighted by Gasteiger charge is 2.34. The Labute approximate surface area is 70.2 Å². The Morgan fingerprint density at radius 2 is 2.00 bits per heavy atom. The van der Waals surface area contributed by atoms with Gasteiger partial charge in [0.05, 0.1) is 12.2 Å². The van der Waals surface area contributed by atoms with Gasteiger partial charge in [0.1, 0.15) is 6.10 Å². The summed E-state index contributed by atoms with van der Waals surface area (Å²) in [7, 11) is 0. The monoisotopic (exact) mass is 180 g/mol. The molecule has 11 heavy (non-hydrogen) atoms. The predicted molar refractivity (Wildman–Crippen MR) is 41.4 cm³/mol. The molecule has 1 aliphatic rings. The Morgan fingerprint density at radius 1 is 1.36 bits per heavy atom. The minimum Gasteiger partial charge on any atom is -0.390 e. The summed E-state index contributed by atoms with van der Waals surface area (Å²) >= 11 is 3.90. The maximum absolute atomic E-state index is 9.22. The summed E-state index contributed by atoms with van der Waals surface area (Å²) in [6.45, 7) is 0. The molecule has 0 radical (unpaired) electrons. The van der Waals surface area contributed by atoms with E-state index in [-0.39, 0.29) is 12.2 Å². The van der Waals surface area contributed by atoms with Crippen molar-refractivity contribution in [3.8, 4) is 0 Å². The number of thiol groups is 1. The highest BCUT2D eigenvalue weighted by atomic mass is 32.1. The Hall–Kier alpha value is 0.190. The van der Waals surface area contributed by atoms with Gasteiger partial charge in [-0.1, -0.05) is 0 Å². The van der Waals surface area contributed by atoms with Crippen molar-refractivity contribution in [1.29, 1.82) is 0 Å². The van der Waals surface area contributed by atoms with E-state index in [9.17, 15) is 5.11 Å². The average molecular weight is 180 g/mol. The SMILES string of the molecule is OC1C[C@@H](O)[C@@H](O)[C@@H](CS)O1. The van der Waals surface area contributed by atoms with Gasteiger partial charge in [0.2, 0.25) is 0 Å². The second-order valence-corrected chi connectivity index (χ2v) is 2.97. The summed E-state index contributed by atoms with van der Waals surface area (Å²) in [5, 5.41) is 27.3. The number of aliphatic hydroxyl groups excluding tert-OH is 3. The van der Waals surface area contributed by atoms with Gasteiger partial charge in [0, 0.05) is 12.2 Å². The zero-order valence-electron chi connectivity index (χ0n) is 5.92. The fourth-order valence-electron chi connectivity index (χ4n) is 1.08. The maximum atomic E-state index is 9.22. The van der Waals surface area contributed by atoms with E-state index in [0.717, 1.165) is 0 Å². The van der Waals surface area contributed by atoms with Crippen LogP contribution in [-0.4, -0.2) is 45.7 Å². The molecule has 4 atom stereocenters. The lowest BCUT2D eigenvalue weighted by Crippen LogP contribution is -2.49. The van der Waals surface area contributed by atoms with Crippen molar-refractivity contribution in [2.45, 2.75) is 31.0 Å². The number of rotatable bonds is 1. The van der Waals surface area contributed by atoms with Crippen LogP contribution in [0.15, 0.2) is 0 Å². The third-order valence-corrected chi connectivity index (χ3v) is 2.09. The van der Waals surface area contributed by atoms with Gasteiger partial charge < -0.3 is 20.1 Å². The molecule has 0 amide bonds. The van der Waals surface area contributed by atoms with E-state index in [1.807, 2.05) is 0 Å². The molecule has 1 unspecified atom stereocenters. The first-order chi connectivity index (χ1) is 5.15. The Bertz CT molecular complexity index is 132. The summed E-state index contributed by atoms with van der Waals surface area (Å²) in [6.07, 6.45) is -3.33. The summed E-state index contributed by atoms with van der Waals surface area (Å²) < 4.78 is 4.89. The van der Waals surface area contributed by atoms with Crippen LogP contribution in [0, 0.1) is 0 Å². The molecule has 4 nitrogen and oxygen atoms in total. The molecule has 0 aliphatic carbocycles. The van der Waals surface area contributed by atoms with Crippen LogP contribution in [0.5, 0.6) is 0 Å². The average Bonchev–Trinajstić information content (AvgIpc) is 1.96. The van der Waals surface area contributed by atoms with E-state index in [4.69, 9.17) is 14.9 Å². The molecule has 1 heterocycles. The first-order valence-corrected chi connectivity index (χ1v) is 4.09. The highest BCUT2D eigenvalue weighted by molar-refractivity contribution is 7.80. The third kappa shape index (κ3) is 2.07. The van der Waals surface area contributed by atoms with Crippen LogP contribution in [-0.2, 0) is 4.74 Å². The van der Waals surface area contributed by atoms with Gasteiger partial charge in [0.25, 0.3) is 0 Å². The van der Waals surface area contributed by atoms with Crippen molar-refractivity contribution in [2.24, 2.45) is 0 Å². The number of ether oxygens (including phenoxy) is 1. The van der Waals surface area contributed by atoms with Crippen molar-refractivity contribution < 1.29 is 20.1 Å². The van der Waals surface area contributed by atoms with Gasteiger partial charge in [-0.05, 0) is 0 Å². The second-order valence-electron chi connectivity index (χ2n) is 2.61. The molecule has 0 aromatic rings. The molecular weight excluding hydrogens is 168 g/mol. The second kappa shape index (κ2) is 3.73. The first-order valence-electron chi connectivity index (χ1n) is 3.45. The Balaban J connectivity index is 2.51. The molecule has 1 saturated heterocycles. The summed E-state index contributed by atoms with van der Waals surface area (Å²) in [4.78, 5) is 0. The van der Waals surface area contributed by atoms with Crippen LogP contribution in [0.1, 0.15) is 6.42 Å². The van der Waals surface area contributed by atoms with Gasteiger partial charge in [-0.2, -0.15) is 12.6 Å². The van der Waals surface area contributed by atoms with Crippen molar-refractivity contribution in [2.75, 3.05) is 5.75 Å². The van der Waals surface area contributed by atoms with Gasteiger partial charge in [-0.3, -0.25) is 0 Å². The minimum absolute atomic E-state index is 0.0610. The molecule has 0 bridgehead atoms. The predicted octanol–water partition coefficient (Wildman–Crippen LogP) is -1.25. The highest BCUT2D eigenvalue weighted by Crippen LogP contribution is 2.19. The molecule has 0 aromatic carbocycles. The molecule has 0 saturated carbocycles. The molecule has 3 N–H and O–H groups in total. The summed E-state index contributed by atoms with van der Waals surface area (Å²) in [6, 6.07) is 0. The quantitative estimate of drug-likeness (QED) is 0.380. The van der Waals surface area contributed by atoms with E-state index in [1.165, 1.54) is 0 Å². The zero-order valence-corrected chi connectivity index (χ0v) is 6.82. The van der Waals surface area contributed by atoms with Crippen LogP contribution >= 0.6 is 12.6 Å². The number of aliphatic hydroxyl groups is 3. The van der Waals surface area contributed by atoms with Gasteiger partial charge in [0.15, 0.2) is 6.29 Å². The third-order valence-electron chi connectivity index (χ3n) is 1.73. The maximum Gasteiger partial charge on any atom is 0.157 e. The van der Waals surface area contributed by atoms with E-state index in [2.05, 4.69) is 12.6 Å². The lowest BCUT2D eigenvalue weighted by atomic mass is 10.0. The van der Waals surface area contributed by atoms with E-state index in [0.29, 0.717) is 0 Å². The smallest absolute Gasteiger partial charge is 0.157 e. The van der Waals surface area contributed by atoms with Crippen molar-refractivity contribution in [3.05, 3.63) is 0 Å². The summed E-state index contributed by atoms with van der Waals surface area (Å²) in [5.74, 6) is 0.287. The Kier molecular flexibility index (Phi) is 3.15. The van der Waals surface area contributed by atoms with E-state index < -0.39 is 24.6 Å². The molecule has 66 valence electrons. The molecule has 0 aromatic heterocycles. The van der Waals surface area contributed by atoms with Crippen molar-refractivity contribution in [1.82, 2.24) is 0 Å². The fourth-order valence-corrected chi connectivity index (χ4v) is 1.38. The summed E-state index contributed by atoms with van der Waals surface area (Å²) in [5.41, 5.74) is 0. The van der Waals surface area contributed by atoms with Crippen molar-refractivity contribution >= 4 is 12.6 Å². The van der Waals surface area contributed by atoms with Gasteiger partial charge in [-0.15, -0.1) is 0 Å². The molecule has 1 fully saturated rings. The van der Waals surface area contributed by atoms with Gasteiger partial charge >= 0.3 is 0 Å². The Morgan fingerprint density at radius 3 is 2.55 bits per heavy atom. The zero-order chi connectivity index (χ0) is 8.43. The molecular formula is C6H12O4S. The van der Waals surface area contributed by atoms with Crippen molar-refractivity contribution in [3.63, 3.8) is 0 Å². The number of hydrogen-bond donors (Lipinski definition) is 4. The standard InChI is InChI=1S/C6H12O4S/c7-3-1-5(8)10-4(2-11)6(3)9/h3-9,11H,1-2H2/t3-,4-,5?,6-/m1/s1. The van der Waals surface area contributed by atoms with E-state index >= 15 is 0 Å². The van der Waals surface area contributed by atoms with Crippen LogP contribution < -0.4 is 0 Å². The molecule has 1 aliphatic heterocycles. The molecule has 1 rings (SSSR count).